The number of fused-ring (bicyclic) bond motifs is 1. The van der Waals surface area contributed by atoms with Gasteiger partial charge in [0.25, 0.3) is 5.91 Å². The average Bonchev–Trinajstić information content (AvgIpc) is 3.28. The summed E-state index contributed by atoms with van der Waals surface area (Å²) in [6, 6.07) is 18.3. The minimum absolute atomic E-state index is 0.0753. The van der Waals surface area contributed by atoms with E-state index >= 15 is 0 Å². The lowest BCUT2D eigenvalue weighted by Gasteiger charge is -2.27. The Morgan fingerprint density at radius 1 is 1.03 bits per heavy atom. The van der Waals surface area contributed by atoms with Crippen LogP contribution in [0.5, 0.6) is 5.75 Å². The smallest absolute Gasteiger partial charge is 0.273 e. The highest BCUT2D eigenvalue weighted by atomic mass is 28.3. The number of hydrogen-bond donors (Lipinski definition) is 1. The summed E-state index contributed by atoms with van der Waals surface area (Å²) < 4.78 is 5.28. The van der Waals surface area contributed by atoms with Crippen LogP contribution in [0.2, 0.25) is 19.6 Å². The SMILES string of the molecule is COc1ccc(C(C(=O)Cc2ccc([Si](C)(C)C)cc2)N(C)C(=O)c2[nH]nc3ncccc23)cc1. The fraction of sp³-hybridized carbons (Fsp3) is 0.259. The summed E-state index contributed by atoms with van der Waals surface area (Å²) in [5.41, 5.74) is 2.40. The standard InChI is InChI=1S/C27H30N4O3Si/c1-31(27(33)24-22-7-6-16-28-26(22)30-29-24)25(19-10-12-20(34-2)13-11-19)23(32)17-18-8-14-21(15-9-18)35(3,4)5/h6-16,25H,17H2,1-5H3,(H,28,29,30). The number of H-pyrrole nitrogens is 1. The lowest BCUT2D eigenvalue weighted by molar-refractivity contribution is -0.122. The summed E-state index contributed by atoms with van der Waals surface area (Å²) in [5, 5.41) is 8.89. The number of Topliss-reactive ketones (excluding diaryl/α,β-unsaturated/α-hetero) is 1. The van der Waals surface area contributed by atoms with Crippen LogP contribution in [0.3, 0.4) is 0 Å². The van der Waals surface area contributed by atoms with Crippen LogP contribution in [-0.4, -0.2) is 54.0 Å². The van der Waals surface area contributed by atoms with Crippen LogP contribution in [0.4, 0.5) is 0 Å². The third kappa shape index (κ3) is 5.17. The summed E-state index contributed by atoms with van der Waals surface area (Å²) in [6.07, 6.45) is 1.84. The van der Waals surface area contributed by atoms with Crippen molar-refractivity contribution in [3.8, 4) is 5.75 Å². The van der Waals surface area contributed by atoms with Gasteiger partial charge < -0.3 is 9.64 Å². The van der Waals surface area contributed by atoms with Gasteiger partial charge in [-0.3, -0.25) is 14.7 Å². The molecule has 4 aromatic rings. The van der Waals surface area contributed by atoms with Gasteiger partial charge in [-0.05, 0) is 35.4 Å². The predicted octanol–water partition coefficient (Wildman–Crippen LogP) is 4.14. The molecule has 1 N–H and O–H groups in total. The Labute approximate surface area is 206 Å². The number of benzene rings is 2. The van der Waals surface area contributed by atoms with Gasteiger partial charge in [0, 0.05) is 19.7 Å². The highest BCUT2D eigenvalue weighted by Gasteiger charge is 2.31. The van der Waals surface area contributed by atoms with Crippen LogP contribution < -0.4 is 9.92 Å². The zero-order valence-corrected chi connectivity index (χ0v) is 21.7. The third-order valence-corrected chi connectivity index (χ3v) is 8.25. The first-order valence-electron chi connectivity index (χ1n) is 11.5. The predicted molar refractivity (Wildman–Crippen MR) is 140 cm³/mol. The van der Waals surface area contributed by atoms with Crippen LogP contribution in [0.25, 0.3) is 11.0 Å². The van der Waals surface area contributed by atoms with E-state index in [0.29, 0.717) is 28.0 Å². The molecule has 0 spiro atoms. The van der Waals surface area contributed by atoms with Crippen LogP contribution in [-0.2, 0) is 11.2 Å². The van der Waals surface area contributed by atoms with E-state index < -0.39 is 14.1 Å². The first kappa shape index (κ1) is 24.3. The van der Waals surface area contributed by atoms with E-state index in [1.807, 2.05) is 24.3 Å². The number of ketones is 1. The molecular weight excluding hydrogens is 456 g/mol. The fourth-order valence-corrected chi connectivity index (χ4v) is 5.31. The Bertz CT molecular complexity index is 1340. The maximum atomic E-state index is 13.7. The Hall–Kier alpha value is -3.78. The molecule has 0 aliphatic heterocycles. The fourth-order valence-electron chi connectivity index (χ4n) is 4.14. The zero-order valence-electron chi connectivity index (χ0n) is 20.7. The highest BCUT2D eigenvalue weighted by Crippen LogP contribution is 2.27. The number of carbonyl (C=O) groups excluding carboxylic acids is 2. The molecule has 0 bridgehead atoms. The molecule has 2 aromatic heterocycles. The maximum Gasteiger partial charge on any atom is 0.273 e. The molecule has 0 aliphatic carbocycles. The zero-order chi connectivity index (χ0) is 25.2. The molecule has 7 nitrogen and oxygen atoms in total. The number of amides is 1. The van der Waals surface area contributed by atoms with Gasteiger partial charge in [-0.25, -0.2) is 4.98 Å². The van der Waals surface area contributed by atoms with Crippen molar-refractivity contribution in [2.75, 3.05) is 14.2 Å². The van der Waals surface area contributed by atoms with Crippen molar-refractivity contribution in [2.24, 2.45) is 0 Å². The summed E-state index contributed by atoms with van der Waals surface area (Å²) in [7, 11) is 1.81. The number of carbonyl (C=O) groups is 2. The molecule has 1 atom stereocenters. The number of ether oxygens (including phenoxy) is 1. The Balaban J connectivity index is 1.66. The second-order valence-electron chi connectivity index (χ2n) is 9.65. The molecule has 1 amide bonds. The first-order chi connectivity index (χ1) is 16.7. The van der Waals surface area contributed by atoms with E-state index in [4.69, 9.17) is 4.74 Å². The molecule has 0 fully saturated rings. The van der Waals surface area contributed by atoms with E-state index in [1.165, 1.54) is 10.1 Å². The number of nitrogens with one attached hydrogen (secondary N) is 1. The van der Waals surface area contributed by atoms with Gasteiger partial charge in [0.15, 0.2) is 11.4 Å². The summed E-state index contributed by atoms with van der Waals surface area (Å²) in [4.78, 5) is 32.9. The Morgan fingerprint density at radius 2 is 1.71 bits per heavy atom. The molecule has 0 saturated carbocycles. The van der Waals surface area contributed by atoms with E-state index in [-0.39, 0.29) is 18.1 Å². The van der Waals surface area contributed by atoms with Gasteiger partial charge in [0.05, 0.1) is 20.6 Å². The van der Waals surface area contributed by atoms with Crippen molar-refractivity contribution in [1.29, 1.82) is 0 Å². The lowest BCUT2D eigenvalue weighted by Crippen LogP contribution is -2.38. The molecule has 1 unspecified atom stereocenters. The van der Waals surface area contributed by atoms with E-state index in [0.717, 1.165) is 5.56 Å². The topological polar surface area (TPSA) is 88.2 Å². The van der Waals surface area contributed by atoms with Gasteiger partial charge in [0.1, 0.15) is 17.5 Å². The van der Waals surface area contributed by atoms with Crippen molar-refractivity contribution < 1.29 is 14.3 Å². The van der Waals surface area contributed by atoms with E-state index in [9.17, 15) is 9.59 Å². The molecular formula is C27H30N4O3Si. The summed E-state index contributed by atoms with van der Waals surface area (Å²) >= 11 is 0. The first-order valence-corrected chi connectivity index (χ1v) is 15.0. The third-order valence-electron chi connectivity index (χ3n) is 6.19. The molecule has 2 aromatic carbocycles. The van der Waals surface area contributed by atoms with E-state index in [1.54, 1.807) is 44.6 Å². The second-order valence-corrected chi connectivity index (χ2v) is 14.7. The molecule has 35 heavy (non-hydrogen) atoms. The van der Waals surface area contributed by atoms with E-state index in [2.05, 4.69) is 47.0 Å². The van der Waals surface area contributed by atoms with Crippen LogP contribution >= 0.6 is 0 Å². The van der Waals surface area contributed by atoms with Gasteiger partial charge >= 0.3 is 0 Å². The number of pyridine rings is 1. The maximum absolute atomic E-state index is 13.7. The van der Waals surface area contributed by atoms with Crippen LogP contribution in [0.1, 0.15) is 27.7 Å². The highest BCUT2D eigenvalue weighted by molar-refractivity contribution is 6.88. The minimum atomic E-state index is -1.43. The molecule has 0 radical (unpaired) electrons. The molecule has 180 valence electrons. The van der Waals surface area contributed by atoms with Crippen molar-refractivity contribution in [1.82, 2.24) is 20.1 Å². The van der Waals surface area contributed by atoms with Gasteiger partial charge in [-0.2, -0.15) is 5.10 Å². The Morgan fingerprint density at radius 3 is 2.34 bits per heavy atom. The lowest BCUT2D eigenvalue weighted by atomic mass is 9.96. The van der Waals surface area contributed by atoms with Gasteiger partial charge in [0.2, 0.25) is 0 Å². The summed E-state index contributed by atoms with van der Waals surface area (Å²) in [5.74, 6) is 0.277. The van der Waals surface area contributed by atoms with Crippen molar-refractivity contribution >= 4 is 36.0 Å². The average molecular weight is 487 g/mol. The second kappa shape index (κ2) is 9.83. The van der Waals surface area contributed by atoms with Crippen LogP contribution in [0.15, 0.2) is 66.9 Å². The molecule has 0 aliphatic rings. The monoisotopic (exact) mass is 486 g/mol. The largest absolute Gasteiger partial charge is 0.497 e. The van der Waals surface area contributed by atoms with Gasteiger partial charge in [-0.1, -0.05) is 61.2 Å². The van der Waals surface area contributed by atoms with Crippen molar-refractivity contribution in [2.45, 2.75) is 32.1 Å². The number of hydrogen-bond acceptors (Lipinski definition) is 5. The number of nitrogens with zero attached hydrogens (tertiary/aromatic N) is 3. The quantitative estimate of drug-likeness (QED) is 0.378. The Kier molecular flexibility index (Phi) is 6.84. The van der Waals surface area contributed by atoms with Crippen LogP contribution in [0, 0.1) is 0 Å². The molecule has 4 rings (SSSR count). The number of rotatable bonds is 8. The number of methoxy groups -OCH3 is 1. The van der Waals surface area contributed by atoms with Gasteiger partial charge in [-0.15, -0.1) is 0 Å². The number of likely N-dealkylation sites (N-methyl/N-ethyl adjacent to an activating group) is 1. The number of aromatic nitrogens is 3. The molecule has 0 saturated heterocycles. The summed E-state index contributed by atoms with van der Waals surface area (Å²) in [6.45, 7) is 6.88. The van der Waals surface area contributed by atoms with Crippen molar-refractivity contribution in [3.05, 3.63) is 83.7 Å². The molecule has 2 heterocycles. The normalized spacial score (nSPS) is 12.4. The minimum Gasteiger partial charge on any atom is -0.497 e. The number of aromatic amines is 1. The van der Waals surface area contributed by atoms with Crippen molar-refractivity contribution in [3.63, 3.8) is 0 Å². The molecule has 8 heteroatoms.